The van der Waals surface area contributed by atoms with Crippen LogP contribution in [0.4, 0.5) is 0 Å². The van der Waals surface area contributed by atoms with Crippen LogP contribution in [0.3, 0.4) is 0 Å². The number of hydrogen-bond acceptors (Lipinski definition) is 4. The smallest absolute Gasteiger partial charge is 0.261 e. The van der Waals surface area contributed by atoms with Gasteiger partial charge in [-0.1, -0.05) is 46.3 Å². The van der Waals surface area contributed by atoms with Crippen LogP contribution in [0, 0.1) is 0 Å². The predicted octanol–water partition coefficient (Wildman–Crippen LogP) is 3.85. The van der Waals surface area contributed by atoms with Gasteiger partial charge in [0.25, 0.3) is 5.91 Å². The number of carbonyl (C=O) groups excluding carboxylic acids is 1. The number of hydrogen-bond donors (Lipinski definition) is 2. The van der Waals surface area contributed by atoms with E-state index in [0.29, 0.717) is 24.5 Å². The fourth-order valence-electron chi connectivity index (χ4n) is 2.96. The van der Waals surface area contributed by atoms with Crippen molar-refractivity contribution in [2.75, 3.05) is 19.8 Å². The van der Waals surface area contributed by atoms with Crippen molar-refractivity contribution in [1.82, 2.24) is 10.6 Å². The number of thiocarbonyl (C=S) groups is 1. The lowest BCUT2D eigenvalue weighted by Gasteiger charge is -2.15. The minimum Gasteiger partial charge on any atom is -0.492 e. The Bertz CT molecular complexity index is 811. The van der Waals surface area contributed by atoms with Crippen LogP contribution in [-0.4, -0.2) is 36.9 Å². The zero-order chi connectivity index (χ0) is 19.8. The minimum atomic E-state index is -0.305. The summed E-state index contributed by atoms with van der Waals surface area (Å²) in [4.78, 5) is 12.7. The molecule has 2 N–H and O–H groups in total. The molecule has 0 radical (unpaired) electrons. The van der Waals surface area contributed by atoms with Crippen molar-refractivity contribution < 1.29 is 14.3 Å². The number of rotatable bonds is 7. The first-order valence-corrected chi connectivity index (χ1v) is 10.5. The maximum atomic E-state index is 12.7. The zero-order valence-electron chi connectivity index (χ0n) is 15.4. The monoisotopic (exact) mass is 462 g/mol. The second-order valence-corrected chi connectivity index (χ2v) is 7.85. The van der Waals surface area contributed by atoms with Gasteiger partial charge in [0.2, 0.25) is 0 Å². The first kappa shape index (κ1) is 20.8. The zero-order valence-corrected chi connectivity index (χ0v) is 17.9. The van der Waals surface area contributed by atoms with Crippen molar-refractivity contribution in [3.63, 3.8) is 0 Å². The Kier molecular flexibility index (Phi) is 7.82. The Labute approximate surface area is 178 Å². The Morgan fingerprint density at radius 1 is 1.25 bits per heavy atom. The predicted molar refractivity (Wildman–Crippen MR) is 117 cm³/mol. The summed E-state index contributed by atoms with van der Waals surface area (Å²) >= 11 is 8.65. The molecular formula is C21H23BrN2O3S. The van der Waals surface area contributed by atoms with Crippen LogP contribution in [0.15, 0.2) is 53.0 Å². The molecule has 148 valence electrons. The van der Waals surface area contributed by atoms with Crippen LogP contribution in [0.5, 0.6) is 5.75 Å². The average molecular weight is 463 g/mol. The molecule has 2 aromatic rings. The standard InChI is InChI=1S/C21H23BrN2O3S/c22-16-8-9-19(27-12-10-15-5-2-1-3-6-15)18(13-16)20(25)24-21(28)23-14-17-7-4-11-26-17/h1-3,5-6,8-9,13,17H,4,7,10-12,14H2,(H2,23,24,25,28). The first-order chi connectivity index (χ1) is 13.6. The quantitative estimate of drug-likeness (QED) is 0.611. The molecule has 3 rings (SSSR count). The number of benzene rings is 2. The number of nitrogens with one attached hydrogen (secondary N) is 2. The van der Waals surface area contributed by atoms with Gasteiger partial charge in [-0.25, -0.2) is 0 Å². The molecule has 2 aromatic carbocycles. The summed E-state index contributed by atoms with van der Waals surface area (Å²) in [5, 5.41) is 6.05. The van der Waals surface area contributed by atoms with Gasteiger partial charge in [-0.3, -0.25) is 10.1 Å². The third kappa shape index (κ3) is 6.29. The van der Waals surface area contributed by atoms with Gasteiger partial charge in [-0.15, -0.1) is 0 Å². The molecule has 0 spiro atoms. The van der Waals surface area contributed by atoms with Gasteiger partial charge in [0, 0.05) is 24.0 Å². The average Bonchev–Trinajstić information content (AvgIpc) is 3.22. The summed E-state index contributed by atoms with van der Waals surface area (Å²) in [7, 11) is 0. The molecule has 7 heteroatoms. The molecule has 28 heavy (non-hydrogen) atoms. The second kappa shape index (κ2) is 10.5. The van der Waals surface area contributed by atoms with Gasteiger partial charge < -0.3 is 14.8 Å². The van der Waals surface area contributed by atoms with E-state index in [0.717, 1.165) is 30.3 Å². The van der Waals surface area contributed by atoms with E-state index in [1.807, 2.05) is 24.3 Å². The SMILES string of the molecule is O=C(NC(=S)NCC1CCCO1)c1cc(Br)ccc1OCCc1ccccc1. The summed E-state index contributed by atoms with van der Waals surface area (Å²) in [5.74, 6) is 0.222. The molecule has 1 aliphatic heterocycles. The molecule has 5 nitrogen and oxygen atoms in total. The highest BCUT2D eigenvalue weighted by atomic mass is 79.9. The highest BCUT2D eigenvalue weighted by molar-refractivity contribution is 9.10. The van der Waals surface area contributed by atoms with Crippen molar-refractivity contribution in [1.29, 1.82) is 0 Å². The number of halogens is 1. The van der Waals surface area contributed by atoms with Crippen molar-refractivity contribution >= 4 is 39.2 Å². The largest absolute Gasteiger partial charge is 0.492 e. The fourth-order valence-corrected chi connectivity index (χ4v) is 3.49. The fraction of sp³-hybridized carbons (Fsp3) is 0.333. The lowest BCUT2D eigenvalue weighted by Crippen LogP contribution is -2.42. The van der Waals surface area contributed by atoms with Gasteiger partial charge in [-0.2, -0.15) is 0 Å². The third-order valence-electron chi connectivity index (χ3n) is 4.42. The summed E-state index contributed by atoms with van der Waals surface area (Å²) in [6, 6.07) is 15.5. The molecule has 1 unspecified atom stereocenters. The van der Waals surface area contributed by atoms with Crippen LogP contribution in [-0.2, 0) is 11.2 Å². The molecule has 1 aliphatic rings. The van der Waals surface area contributed by atoms with Crippen LogP contribution >= 0.6 is 28.1 Å². The first-order valence-electron chi connectivity index (χ1n) is 9.29. The molecule has 0 aromatic heterocycles. The van der Waals surface area contributed by atoms with Crippen LogP contribution in [0.25, 0.3) is 0 Å². The van der Waals surface area contributed by atoms with E-state index in [-0.39, 0.29) is 17.1 Å². The summed E-state index contributed by atoms with van der Waals surface area (Å²) in [6.07, 6.45) is 2.98. The maximum Gasteiger partial charge on any atom is 0.261 e. The Hall–Kier alpha value is -1.96. The molecular weight excluding hydrogens is 440 g/mol. The van der Waals surface area contributed by atoms with E-state index in [1.165, 1.54) is 5.56 Å². The molecule has 0 bridgehead atoms. The summed E-state index contributed by atoms with van der Waals surface area (Å²) < 4.78 is 12.2. The Balaban J connectivity index is 1.55. The lowest BCUT2D eigenvalue weighted by molar-refractivity contribution is 0.0969. The van der Waals surface area contributed by atoms with E-state index in [1.54, 1.807) is 12.1 Å². The highest BCUT2D eigenvalue weighted by Gasteiger charge is 2.18. The van der Waals surface area contributed by atoms with E-state index in [9.17, 15) is 4.79 Å². The van der Waals surface area contributed by atoms with Crippen LogP contribution in [0.1, 0.15) is 28.8 Å². The molecule has 1 atom stereocenters. The number of amides is 1. The number of carbonyl (C=O) groups is 1. The maximum absolute atomic E-state index is 12.7. The van der Waals surface area contributed by atoms with Crippen LogP contribution in [0.2, 0.25) is 0 Å². The minimum absolute atomic E-state index is 0.151. The van der Waals surface area contributed by atoms with Crippen molar-refractivity contribution in [2.24, 2.45) is 0 Å². The summed E-state index contributed by atoms with van der Waals surface area (Å²) in [6.45, 7) is 1.86. The lowest BCUT2D eigenvalue weighted by atomic mass is 10.1. The van der Waals surface area contributed by atoms with Gasteiger partial charge in [0.15, 0.2) is 5.11 Å². The summed E-state index contributed by atoms with van der Waals surface area (Å²) in [5.41, 5.74) is 1.62. The van der Waals surface area contributed by atoms with Gasteiger partial charge >= 0.3 is 0 Å². The molecule has 1 fully saturated rings. The van der Waals surface area contributed by atoms with E-state index >= 15 is 0 Å². The molecule has 1 heterocycles. The topological polar surface area (TPSA) is 59.6 Å². The highest BCUT2D eigenvalue weighted by Crippen LogP contribution is 2.23. The van der Waals surface area contributed by atoms with Crippen molar-refractivity contribution in [3.05, 3.63) is 64.1 Å². The van der Waals surface area contributed by atoms with Gasteiger partial charge in [0.1, 0.15) is 5.75 Å². The normalized spacial score (nSPS) is 15.8. The van der Waals surface area contributed by atoms with Crippen LogP contribution < -0.4 is 15.4 Å². The van der Waals surface area contributed by atoms with E-state index < -0.39 is 0 Å². The number of ether oxygens (including phenoxy) is 2. The molecule has 0 aliphatic carbocycles. The van der Waals surface area contributed by atoms with Crippen molar-refractivity contribution in [2.45, 2.75) is 25.4 Å². The van der Waals surface area contributed by atoms with Gasteiger partial charge in [-0.05, 0) is 48.8 Å². The van der Waals surface area contributed by atoms with Crippen molar-refractivity contribution in [3.8, 4) is 5.75 Å². The van der Waals surface area contributed by atoms with E-state index in [4.69, 9.17) is 21.7 Å². The Morgan fingerprint density at radius 3 is 2.82 bits per heavy atom. The van der Waals surface area contributed by atoms with E-state index in [2.05, 4.69) is 38.7 Å². The molecule has 1 saturated heterocycles. The van der Waals surface area contributed by atoms with Gasteiger partial charge in [0.05, 0.1) is 18.3 Å². The molecule has 0 saturated carbocycles. The Morgan fingerprint density at radius 2 is 2.07 bits per heavy atom. The molecule has 1 amide bonds. The second-order valence-electron chi connectivity index (χ2n) is 6.52. The third-order valence-corrected chi connectivity index (χ3v) is 5.16.